The van der Waals surface area contributed by atoms with E-state index in [4.69, 9.17) is 11.5 Å². The van der Waals surface area contributed by atoms with Crippen molar-refractivity contribution in [3.05, 3.63) is 65.7 Å². The van der Waals surface area contributed by atoms with Crippen molar-refractivity contribution in [3.8, 4) is 5.75 Å². The van der Waals surface area contributed by atoms with E-state index in [-0.39, 0.29) is 18.6 Å². The molecule has 0 bridgehead atoms. The summed E-state index contributed by atoms with van der Waals surface area (Å²) in [7, 11) is 0. The van der Waals surface area contributed by atoms with Crippen molar-refractivity contribution >= 4 is 41.3 Å². The van der Waals surface area contributed by atoms with Crippen molar-refractivity contribution in [1.82, 2.24) is 21.3 Å². The minimum Gasteiger partial charge on any atom is -0.508 e. The predicted octanol–water partition coefficient (Wildman–Crippen LogP) is -0.276. The Morgan fingerprint density at radius 3 is 2.12 bits per heavy atom. The summed E-state index contributed by atoms with van der Waals surface area (Å²) in [5.74, 6) is -2.33. The minimum absolute atomic E-state index is 0.0928. The minimum atomic E-state index is -0.985. The standard InChI is InChI=1S/C29H40N6O6S/c1-18(33-28(40)22(30)16-20-8-11-21(36)12-9-20)27(39)32-17-25(37)34-24(13-10-19-6-4-3-5-7-19)29(41)35-23(26(31)38)14-15-42-2/h3-9,11-12,18,22-24,36H,10,13-17,30H2,1-2H3,(H2,31,38)(H,32,39)(H,33,40)(H,34,37)(H,35,41)/t18-,22+,23+,24+/m1/s1. The molecule has 0 saturated heterocycles. The maximum Gasteiger partial charge on any atom is 0.243 e. The van der Waals surface area contributed by atoms with Crippen LogP contribution in [0.25, 0.3) is 0 Å². The molecule has 5 amide bonds. The molecule has 2 aromatic rings. The Morgan fingerprint density at radius 2 is 1.50 bits per heavy atom. The van der Waals surface area contributed by atoms with Gasteiger partial charge in [-0.25, -0.2) is 0 Å². The van der Waals surface area contributed by atoms with Gasteiger partial charge in [0, 0.05) is 0 Å². The van der Waals surface area contributed by atoms with Crippen LogP contribution in [0.5, 0.6) is 5.75 Å². The van der Waals surface area contributed by atoms with Crippen LogP contribution in [0.1, 0.15) is 30.9 Å². The molecule has 0 heterocycles. The molecular weight excluding hydrogens is 560 g/mol. The van der Waals surface area contributed by atoms with Crippen LogP contribution >= 0.6 is 11.8 Å². The van der Waals surface area contributed by atoms with Crippen molar-refractivity contribution in [2.45, 2.75) is 56.8 Å². The number of benzene rings is 2. The van der Waals surface area contributed by atoms with Crippen molar-refractivity contribution < 1.29 is 29.1 Å². The molecule has 0 radical (unpaired) electrons. The molecule has 2 aromatic carbocycles. The van der Waals surface area contributed by atoms with Gasteiger partial charge in [-0.2, -0.15) is 11.8 Å². The van der Waals surface area contributed by atoms with Crippen LogP contribution in [-0.2, 0) is 36.8 Å². The van der Waals surface area contributed by atoms with Gasteiger partial charge in [0.1, 0.15) is 23.9 Å². The summed E-state index contributed by atoms with van der Waals surface area (Å²) < 4.78 is 0. The average molecular weight is 601 g/mol. The number of phenolic OH excluding ortho intramolecular Hbond substituents is 1. The van der Waals surface area contributed by atoms with E-state index in [0.717, 1.165) is 11.1 Å². The molecule has 9 N–H and O–H groups in total. The Balaban J connectivity index is 1.92. The highest BCUT2D eigenvalue weighted by atomic mass is 32.2. The molecule has 0 aliphatic carbocycles. The van der Waals surface area contributed by atoms with Gasteiger partial charge in [-0.05, 0) is 67.9 Å². The molecular formula is C29H40N6O6S. The number of hydrogen-bond donors (Lipinski definition) is 7. The molecule has 12 nitrogen and oxygen atoms in total. The van der Waals surface area contributed by atoms with Gasteiger partial charge in [-0.15, -0.1) is 0 Å². The monoisotopic (exact) mass is 600 g/mol. The van der Waals surface area contributed by atoms with Crippen molar-refractivity contribution in [3.63, 3.8) is 0 Å². The normalized spacial score (nSPS) is 13.6. The maximum absolute atomic E-state index is 13.1. The Kier molecular flexibility index (Phi) is 14.3. The molecule has 0 fully saturated rings. The second-order valence-electron chi connectivity index (χ2n) is 9.81. The van der Waals surface area contributed by atoms with Crippen LogP contribution < -0.4 is 32.7 Å². The van der Waals surface area contributed by atoms with E-state index in [1.54, 1.807) is 12.1 Å². The number of carbonyl (C=O) groups is 5. The van der Waals surface area contributed by atoms with Crippen LogP contribution in [0, 0.1) is 0 Å². The number of hydrogen-bond acceptors (Lipinski definition) is 8. The average Bonchev–Trinajstić information content (AvgIpc) is 2.97. The van der Waals surface area contributed by atoms with Crippen molar-refractivity contribution in [1.29, 1.82) is 0 Å². The largest absolute Gasteiger partial charge is 0.508 e. The number of nitrogens with one attached hydrogen (secondary N) is 4. The molecule has 0 saturated carbocycles. The molecule has 0 unspecified atom stereocenters. The molecule has 42 heavy (non-hydrogen) atoms. The lowest BCUT2D eigenvalue weighted by Crippen LogP contribution is -2.55. The highest BCUT2D eigenvalue weighted by Gasteiger charge is 2.26. The number of primary amides is 1. The summed E-state index contributed by atoms with van der Waals surface area (Å²) in [6.07, 6.45) is 3.14. The molecule has 4 atom stereocenters. The second-order valence-corrected chi connectivity index (χ2v) is 10.8. The van der Waals surface area contributed by atoms with Crippen LogP contribution in [0.2, 0.25) is 0 Å². The van der Waals surface area contributed by atoms with E-state index in [9.17, 15) is 29.1 Å². The SMILES string of the molecule is CSCC[C@H](NC(=O)[C@H](CCc1ccccc1)NC(=O)CNC(=O)[C@@H](C)NC(=O)[C@@H](N)Cc1ccc(O)cc1)C(N)=O. The highest BCUT2D eigenvalue weighted by Crippen LogP contribution is 2.11. The van der Waals surface area contributed by atoms with Gasteiger partial charge in [-0.1, -0.05) is 42.5 Å². The van der Waals surface area contributed by atoms with Gasteiger partial charge in [0.15, 0.2) is 0 Å². The lowest BCUT2D eigenvalue weighted by molar-refractivity contribution is -0.132. The lowest BCUT2D eigenvalue weighted by atomic mass is 10.0. The summed E-state index contributed by atoms with van der Waals surface area (Å²) in [4.78, 5) is 62.6. The van der Waals surface area contributed by atoms with Crippen LogP contribution in [0.3, 0.4) is 0 Å². The Morgan fingerprint density at radius 1 is 0.833 bits per heavy atom. The summed E-state index contributed by atoms with van der Waals surface area (Å²) in [6.45, 7) is 1.01. The van der Waals surface area contributed by atoms with Gasteiger partial charge >= 0.3 is 0 Å². The van der Waals surface area contributed by atoms with E-state index in [0.29, 0.717) is 18.6 Å². The van der Waals surface area contributed by atoms with Crippen molar-refractivity contribution in [2.24, 2.45) is 11.5 Å². The van der Waals surface area contributed by atoms with E-state index in [1.165, 1.54) is 30.8 Å². The molecule has 0 aromatic heterocycles. The first-order valence-corrected chi connectivity index (χ1v) is 14.9. The van der Waals surface area contributed by atoms with Gasteiger partial charge in [0.2, 0.25) is 29.5 Å². The molecule has 2 rings (SSSR count). The number of thioether (sulfide) groups is 1. The Bertz CT molecular complexity index is 1200. The number of phenols is 1. The topological polar surface area (TPSA) is 206 Å². The predicted molar refractivity (Wildman–Crippen MR) is 161 cm³/mol. The van der Waals surface area contributed by atoms with Gasteiger partial charge in [-0.3, -0.25) is 24.0 Å². The molecule has 0 aliphatic rings. The summed E-state index contributed by atoms with van der Waals surface area (Å²) in [5, 5.41) is 19.6. The third kappa shape index (κ3) is 12.2. The number of aromatic hydroxyl groups is 1. The zero-order valence-electron chi connectivity index (χ0n) is 23.8. The van der Waals surface area contributed by atoms with Crippen molar-refractivity contribution in [2.75, 3.05) is 18.6 Å². The second kappa shape index (κ2) is 17.7. The fourth-order valence-electron chi connectivity index (χ4n) is 3.95. The zero-order chi connectivity index (χ0) is 31.1. The summed E-state index contributed by atoms with van der Waals surface area (Å²) >= 11 is 1.51. The smallest absolute Gasteiger partial charge is 0.243 e. The first-order chi connectivity index (χ1) is 20.0. The van der Waals surface area contributed by atoms with Gasteiger partial charge < -0.3 is 37.8 Å². The lowest BCUT2D eigenvalue weighted by Gasteiger charge is -2.22. The number of carbonyl (C=O) groups excluding carboxylic acids is 5. The van der Waals surface area contributed by atoms with Crippen LogP contribution in [0.15, 0.2) is 54.6 Å². The van der Waals surface area contributed by atoms with Gasteiger partial charge in [0.05, 0.1) is 12.6 Å². The summed E-state index contributed by atoms with van der Waals surface area (Å²) in [6, 6.07) is 11.9. The molecule has 228 valence electrons. The third-order valence-electron chi connectivity index (χ3n) is 6.39. The summed E-state index contributed by atoms with van der Waals surface area (Å²) in [5.41, 5.74) is 13.1. The number of rotatable bonds is 17. The quantitative estimate of drug-likeness (QED) is 0.128. The van der Waals surface area contributed by atoms with Gasteiger partial charge in [0.25, 0.3) is 0 Å². The van der Waals surface area contributed by atoms with E-state index in [2.05, 4.69) is 21.3 Å². The van der Waals surface area contributed by atoms with E-state index < -0.39 is 60.2 Å². The Labute approximate surface area is 249 Å². The number of nitrogens with two attached hydrogens (primary N) is 2. The zero-order valence-corrected chi connectivity index (χ0v) is 24.6. The fraction of sp³-hybridized carbons (Fsp3) is 0.414. The third-order valence-corrected chi connectivity index (χ3v) is 7.03. The fourth-order valence-corrected chi connectivity index (χ4v) is 4.42. The molecule has 0 spiro atoms. The van der Waals surface area contributed by atoms with Crippen LogP contribution in [-0.4, -0.2) is 77.4 Å². The highest BCUT2D eigenvalue weighted by molar-refractivity contribution is 7.98. The van der Waals surface area contributed by atoms with Crippen LogP contribution in [0.4, 0.5) is 0 Å². The van der Waals surface area contributed by atoms with E-state index >= 15 is 0 Å². The number of aryl methyl sites for hydroxylation is 1. The first-order valence-electron chi connectivity index (χ1n) is 13.5. The molecule has 0 aliphatic heterocycles. The molecule has 13 heteroatoms. The number of amides is 5. The Hall–Kier alpha value is -4.10. The van der Waals surface area contributed by atoms with E-state index in [1.807, 2.05) is 36.6 Å². The first kappa shape index (κ1) is 34.1. The maximum atomic E-state index is 13.1.